The number of aryl methyl sites for hydroxylation is 2. The number of rotatable bonds is 5. The van der Waals surface area contributed by atoms with Crippen LogP contribution in [0.3, 0.4) is 0 Å². The minimum atomic E-state index is -0.722. The van der Waals surface area contributed by atoms with Gasteiger partial charge in [0.25, 0.3) is 17.7 Å². The Morgan fingerprint density at radius 1 is 0.969 bits per heavy atom. The first-order valence-corrected chi connectivity index (χ1v) is 10.9. The first-order valence-electron chi connectivity index (χ1n) is 10.9. The second kappa shape index (κ2) is 8.94. The van der Waals surface area contributed by atoms with Crippen LogP contribution in [0.2, 0.25) is 0 Å². The lowest BCUT2D eigenvalue weighted by Gasteiger charge is -2.29. The first kappa shape index (κ1) is 21.7. The molecule has 0 bridgehead atoms. The predicted molar refractivity (Wildman–Crippen MR) is 119 cm³/mol. The molecular weight excluding hydrogens is 408 g/mol. The number of hydrogen-bond donors (Lipinski definition) is 1. The van der Waals surface area contributed by atoms with Gasteiger partial charge in [0.05, 0.1) is 16.7 Å². The van der Waals surface area contributed by atoms with Gasteiger partial charge in [0.2, 0.25) is 0 Å². The van der Waals surface area contributed by atoms with E-state index in [9.17, 15) is 19.2 Å². The SMILES string of the molecule is Cc1ccc(NC(=O)COC(=O)c2ccc3c(c2)C(=O)N(C2CCCCC2)C3=O)c(C)c1. The molecule has 1 fully saturated rings. The molecule has 2 aromatic carbocycles. The maximum atomic E-state index is 12.9. The summed E-state index contributed by atoms with van der Waals surface area (Å²) in [5.41, 5.74) is 3.31. The zero-order chi connectivity index (χ0) is 22.8. The number of amides is 3. The topological polar surface area (TPSA) is 92.8 Å². The van der Waals surface area contributed by atoms with E-state index < -0.39 is 18.5 Å². The fourth-order valence-corrected chi connectivity index (χ4v) is 4.41. The van der Waals surface area contributed by atoms with Crippen molar-refractivity contribution in [1.29, 1.82) is 0 Å². The Balaban J connectivity index is 1.40. The number of nitrogens with zero attached hydrogens (tertiary/aromatic N) is 1. The Bertz CT molecular complexity index is 1100. The van der Waals surface area contributed by atoms with Gasteiger partial charge in [-0.05, 0) is 56.5 Å². The van der Waals surface area contributed by atoms with Crippen LogP contribution in [0.4, 0.5) is 5.69 Å². The number of fused-ring (bicyclic) bond motifs is 1. The van der Waals surface area contributed by atoms with E-state index in [0.717, 1.165) is 43.2 Å². The summed E-state index contributed by atoms with van der Waals surface area (Å²) in [4.78, 5) is 51.7. The number of imide groups is 1. The van der Waals surface area contributed by atoms with Gasteiger partial charge in [-0.3, -0.25) is 19.3 Å². The summed E-state index contributed by atoms with van der Waals surface area (Å²) in [5.74, 6) is -1.84. The van der Waals surface area contributed by atoms with Gasteiger partial charge in [0, 0.05) is 11.7 Å². The van der Waals surface area contributed by atoms with Crippen LogP contribution in [-0.2, 0) is 9.53 Å². The molecule has 0 aromatic heterocycles. The monoisotopic (exact) mass is 434 g/mol. The van der Waals surface area contributed by atoms with E-state index in [4.69, 9.17) is 4.74 Å². The van der Waals surface area contributed by atoms with Crippen molar-refractivity contribution in [3.05, 3.63) is 64.2 Å². The molecule has 166 valence electrons. The molecule has 0 saturated heterocycles. The number of carbonyl (C=O) groups is 4. The molecule has 7 heteroatoms. The minimum absolute atomic E-state index is 0.0829. The van der Waals surface area contributed by atoms with Gasteiger partial charge in [-0.15, -0.1) is 0 Å². The maximum Gasteiger partial charge on any atom is 0.338 e. The highest BCUT2D eigenvalue weighted by Crippen LogP contribution is 2.31. The molecule has 1 aliphatic heterocycles. The van der Waals surface area contributed by atoms with Crippen molar-refractivity contribution in [1.82, 2.24) is 4.90 Å². The fraction of sp³-hybridized carbons (Fsp3) is 0.360. The van der Waals surface area contributed by atoms with Gasteiger partial charge in [0.1, 0.15) is 0 Å². The highest BCUT2D eigenvalue weighted by Gasteiger charge is 2.40. The highest BCUT2D eigenvalue weighted by molar-refractivity contribution is 6.22. The van der Waals surface area contributed by atoms with Crippen molar-refractivity contribution in [2.45, 2.75) is 52.0 Å². The second-order valence-corrected chi connectivity index (χ2v) is 8.48. The molecule has 2 aromatic rings. The molecule has 2 aliphatic rings. The van der Waals surface area contributed by atoms with Gasteiger partial charge in [-0.2, -0.15) is 0 Å². The van der Waals surface area contributed by atoms with E-state index in [0.29, 0.717) is 11.3 Å². The number of esters is 1. The molecule has 7 nitrogen and oxygen atoms in total. The number of benzene rings is 2. The number of carbonyl (C=O) groups excluding carboxylic acids is 4. The van der Waals surface area contributed by atoms with Crippen LogP contribution in [0.1, 0.15) is 74.3 Å². The van der Waals surface area contributed by atoms with E-state index >= 15 is 0 Å². The summed E-state index contributed by atoms with van der Waals surface area (Å²) in [6.45, 7) is 3.39. The van der Waals surface area contributed by atoms with Crippen LogP contribution in [0.25, 0.3) is 0 Å². The van der Waals surface area contributed by atoms with Crippen molar-refractivity contribution < 1.29 is 23.9 Å². The Morgan fingerprint density at radius 2 is 1.69 bits per heavy atom. The third-order valence-corrected chi connectivity index (χ3v) is 6.08. The Morgan fingerprint density at radius 3 is 2.41 bits per heavy atom. The van der Waals surface area contributed by atoms with Crippen molar-refractivity contribution in [2.24, 2.45) is 0 Å². The summed E-state index contributed by atoms with van der Waals surface area (Å²) in [7, 11) is 0. The van der Waals surface area contributed by atoms with E-state index in [2.05, 4.69) is 5.32 Å². The number of anilines is 1. The lowest BCUT2D eigenvalue weighted by atomic mass is 9.94. The predicted octanol–water partition coefficient (Wildman–Crippen LogP) is 4.03. The van der Waals surface area contributed by atoms with Gasteiger partial charge >= 0.3 is 5.97 Å². The standard InChI is InChI=1S/C25H26N2O5/c1-15-8-11-21(16(2)12-15)26-22(28)14-32-25(31)17-9-10-19-20(13-17)24(30)27(23(19)29)18-6-4-3-5-7-18/h8-13,18H,3-7,14H2,1-2H3,(H,26,28). The van der Waals surface area contributed by atoms with Crippen LogP contribution < -0.4 is 5.32 Å². The molecule has 4 rings (SSSR count). The van der Waals surface area contributed by atoms with E-state index in [1.807, 2.05) is 26.0 Å². The van der Waals surface area contributed by atoms with E-state index in [-0.39, 0.29) is 29.0 Å². The molecule has 32 heavy (non-hydrogen) atoms. The average Bonchev–Trinajstić information content (AvgIpc) is 3.04. The zero-order valence-electron chi connectivity index (χ0n) is 18.3. The summed E-state index contributed by atoms with van der Waals surface area (Å²) < 4.78 is 5.13. The van der Waals surface area contributed by atoms with Gasteiger partial charge in [-0.25, -0.2) is 4.79 Å². The molecule has 3 amide bonds. The van der Waals surface area contributed by atoms with Crippen LogP contribution in [0.5, 0.6) is 0 Å². The highest BCUT2D eigenvalue weighted by atomic mass is 16.5. The summed E-state index contributed by atoms with van der Waals surface area (Å²) in [6.07, 6.45) is 4.75. The Labute approximate surface area is 186 Å². The fourth-order valence-electron chi connectivity index (χ4n) is 4.41. The van der Waals surface area contributed by atoms with E-state index in [1.54, 1.807) is 6.07 Å². The normalized spacial score (nSPS) is 16.1. The molecule has 1 heterocycles. The number of nitrogens with one attached hydrogen (secondary N) is 1. The zero-order valence-corrected chi connectivity index (χ0v) is 18.3. The minimum Gasteiger partial charge on any atom is -0.452 e. The molecule has 0 radical (unpaired) electrons. The molecule has 1 saturated carbocycles. The summed E-state index contributed by atoms with van der Waals surface area (Å²) in [5, 5.41) is 2.72. The smallest absolute Gasteiger partial charge is 0.338 e. The van der Waals surface area contributed by atoms with Gasteiger partial charge < -0.3 is 10.1 Å². The second-order valence-electron chi connectivity index (χ2n) is 8.48. The van der Waals surface area contributed by atoms with Crippen molar-refractivity contribution in [2.75, 3.05) is 11.9 Å². The van der Waals surface area contributed by atoms with Crippen molar-refractivity contribution in [3.8, 4) is 0 Å². The van der Waals surface area contributed by atoms with Gasteiger partial charge in [0.15, 0.2) is 6.61 Å². The first-order chi connectivity index (χ1) is 15.3. The largest absolute Gasteiger partial charge is 0.452 e. The van der Waals surface area contributed by atoms with Gasteiger partial charge in [-0.1, -0.05) is 37.0 Å². The third kappa shape index (κ3) is 4.28. The maximum absolute atomic E-state index is 12.9. The van der Waals surface area contributed by atoms with Crippen LogP contribution >= 0.6 is 0 Å². The molecule has 0 spiro atoms. The third-order valence-electron chi connectivity index (χ3n) is 6.08. The average molecular weight is 434 g/mol. The van der Waals surface area contributed by atoms with Crippen molar-refractivity contribution in [3.63, 3.8) is 0 Å². The van der Waals surface area contributed by atoms with Crippen LogP contribution in [0, 0.1) is 13.8 Å². The van der Waals surface area contributed by atoms with Crippen LogP contribution in [-0.4, -0.2) is 41.2 Å². The molecule has 1 N–H and O–H groups in total. The molecule has 0 unspecified atom stereocenters. The number of hydrogen-bond acceptors (Lipinski definition) is 5. The summed E-state index contributed by atoms with van der Waals surface area (Å²) in [6, 6.07) is 9.88. The quantitative estimate of drug-likeness (QED) is 0.567. The van der Waals surface area contributed by atoms with Crippen LogP contribution in [0.15, 0.2) is 36.4 Å². The molecular formula is C25H26N2O5. The Hall–Kier alpha value is -3.48. The summed E-state index contributed by atoms with van der Waals surface area (Å²) >= 11 is 0. The molecule has 1 aliphatic carbocycles. The van der Waals surface area contributed by atoms with E-state index in [1.165, 1.54) is 23.1 Å². The lowest BCUT2D eigenvalue weighted by molar-refractivity contribution is -0.119. The van der Waals surface area contributed by atoms with Crippen molar-refractivity contribution >= 4 is 29.4 Å². The lowest BCUT2D eigenvalue weighted by Crippen LogP contribution is -2.40. The Kier molecular flexibility index (Phi) is 6.08. The molecule has 0 atom stereocenters. The number of ether oxygens (including phenoxy) is 1.